The number of ether oxygens (including phenoxy) is 1. The maximum Gasteiger partial charge on any atom is 0.330 e. The first-order valence-corrected chi connectivity index (χ1v) is 7.84. The molecule has 3 nitrogen and oxygen atoms in total. The predicted molar refractivity (Wildman–Crippen MR) is 86.7 cm³/mol. The van der Waals surface area contributed by atoms with Gasteiger partial charge in [0.2, 0.25) is 0 Å². The number of carbonyl (C=O) groups excluding carboxylic acids is 1. The van der Waals surface area contributed by atoms with Gasteiger partial charge in [-0.05, 0) is 26.7 Å². The third kappa shape index (κ3) is 7.10. The zero-order valence-electron chi connectivity index (χ0n) is 13.8. The van der Waals surface area contributed by atoms with E-state index >= 15 is 0 Å². The number of unbranched alkanes of at least 4 members (excludes halogenated alkanes) is 1. The Balaban J connectivity index is 0.00000441. The molecular weight excluding hydrogens is 298 g/mol. The molecule has 0 aliphatic carbocycles. The van der Waals surface area contributed by atoms with E-state index in [0.29, 0.717) is 6.61 Å². The molecule has 124 valence electrons. The number of quaternary nitrogens is 1. The number of nitrogens with zero attached hydrogens (tertiary/aromatic N) is 1. The fraction of sp³-hybridized carbons (Fsp3) is 0.500. The van der Waals surface area contributed by atoms with Gasteiger partial charge >= 0.3 is 5.97 Å². The molecule has 0 aliphatic rings. The zero-order valence-corrected chi connectivity index (χ0v) is 14.5. The van der Waals surface area contributed by atoms with Gasteiger partial charge in [-0.3, -0.25) is 0 Å². The molecule has 22 heavy (non-hydrogen) atoms. The van der Waals surface area contributed by atoms with E-state index < -0.39 is 0 Å². The average Bonchev–Trinajstić information content (AvgIpc) is 2.54. The van der Waals surface area contributed by atoms with Crippen LogP contribution in [-0.4, -0.2) is 36.7 Å². The van der Waals surface area contributed by atoms with E-state index in [4.69, 9.17) is 4.74 Å². The SMILES string of the molecule is C=CC(=O)OCCCC[N+](CC)(CC)Cc1ccccc1.[Cl-]. The summed E-state index contributed by atoms with van der Waals surface area (Å²) in [6, 6.07) is 10.7. The van der Waals surface area contributed by atoms with Gasteiger partial charge in [0.1, 0.15) is 6.54 Å². The molecule has 0 amide bonds. The summed E-state index contributed by atoms with van der Waals surface area (Å²) in [5.74, 6) is -0.328. The molecule has 0 bridgehead atoms. The molecule has 0 fully saturated rings. The summed E-state index contributed by atoms with van der Waals surface area (Å²) in [5, 5.41) is 0. The monoisotopic (exact) mass is 325 g/mol. The molecule has 4 heteroatoms. The summed E-state index contributed by atoms with van der Waals surface area (Å²) in [7, 11) is 0. The molecule has 1 aromatic rings. The third-order valence-corrected chi connectivity index (χ3v) is 4.14. The quantitative estimate of drug-likeness (QED) is 0.272. The summed E-state index contributed by atoms with van der Waals surface area (Å²) in [4.78, 5) is 11.0. The van der Waals surface area contributed by atoms with Gasteiger partial charge in [-0.2, -0.15) is 0 Å². The van der Waals surface area contributed by atoms with Crippen molar-refractivity contribution in [2.24, 2.45) is 0 Å². The van der Waals surface area contributed by atoms with Gasteiger partial charge in [-0.25, -0.2) is 4.79 Å². The molecule has 1 aromatic carbocycles. The van der Waals surface area contributed by atoms with E-state index in [9.17, 15) is 4.79 Å². The molecule has 0 N–H and O–H groups in total. The molecule has 0 saturated carbocycles. The number of benzene rings is 1. The van der Waals surface area contributed by atoms with E-state index in [1.165, 1.54) is 11.6 Å². The Labute approximate surface area is 141 Å². The van der Waals surface area contributed by atoms with Gasteiger partial charge in [0.05, 0.1) is 26.2 Å². The zero-order chi connectivity index (χ0) is 15.6. The van der Waals surface area contributed by atoms with E-state index in [0.717, 1.165) is 43.5 Å². The maximum absolute atomic E-state index is 11.0. The first kappa shape index (κ1) is 20.7. The van der Waals surface area contributed by atoms with E-state index in [1.807, 2.05) is 0 Å². The summed E-state index contributed by atoms with van der Waals surface area (Å²) >= 11 is 0. The van der Waals surface area contributed by atoms with Crippen molar-refractivity contribution >= 4 is 5.97 Å². The topological polar surface area (TPSA) is 26.3 Å². The van der Waals surface area contributed by atoms with Crippen LogP contribution < -0.4 is 12.4 Å². The third-order valence-electron chi connectivity index (χ3n) is 4.14. The van der Waals surface area contributed by atoms with Crippen LogP contribution in [0.25, 0.3) is 0 Å². The molecule has 0 spiro atoms. The summed E-state index contributed by atoms with van der Waals surface area (Å²) in [5.41, 5.74) is 1.39. The van der Waals surface area contributed by atoms with Crippen molar-refractivity contribution in [3.05, 3.63) is 48.6 Å². The van der Waals surface area contributed by atoms with Gasteiger partial charge < -0.3 is 21.6 Å². The maximum atomic E-state index is 11.0. The van der Waals surface area contributed by atoms with Crippen molar-refractivity contribution in [2.75, 3.05) is 26.2 Å². The minimum absolute atomic E-state index is 0. The molecule has 0 atom stereocenters. The van der Waals surface area contributed by atoms with Gasteiger partial charge in [-0.15, -0.1) is 0 Å². The first-order valence-electron chi connectivity index (χ1n) is 7.84. The van der Waals surface area contributed by atoms with Crippen molar-refractivity contribution in [3.63, 3.8) is 0 Å². The lowest BCUT2D eigenvalue weighted by Crippen LogP contribution is -3.00. The second-order valence-electron chi connectivity index (χ2n) is 5.42. The van der Waals surface area contributed by atoms with Crippen LogP contribution in [0.2, 0.25) is 0 Å². The molecule has 0 radical (unpaired) electrons. The van der Waals surface area contributed by atoms with Gasteiger partial charge in [0.15, 0.2) is 0 Å². The Hall–Kier alpha value is -1.32. The van der Waals surface area contributed by atoms with Crippen molar-refractivity contribution < 1.29 is 26.4 Å². The predicted octanol–water partition coefficient (Wildman–Crippen LogP) is 0.557. The van der Waals surface area contributed by atoms with Crippen LogP contribution in [0.4, 0.5) is 0 Å². The van der Waals surface area contributed by atoms with Gasteiger partial charge in [0, 0.05) is 11.6 Å². The second kappa shape index (κ2) is 11.3. The Bertz CT molecular complexity index is 430. The standard InChI is InChI=1S/C18H28NO2.ClH/c1-4-18(20)21-15-11-10-14-19(5-2,6-3)16-17-12-8-7-9-13-17;/h4,7-9,12-13H,1,5-6,10-11,14-16H2,2-3H3;1H/q+1;/p-1. The number of hydrogen-bond donors (Lipinski definition) is 0. The van der Waals surface area contributed by atoms with Crippen molar-refractivity contribution in [2.45, 2.75) is 33.2 Å². The highest BCUT2D eigenvalue weighted by molar-refractivity contribution is 5.81. The van der Waals surface area contributed by atoms with Crippen molar-refractivity contribution in [1.82, 2.24) is 0 Å². The molecule has 0 aliphatic heterocycles. The van der Waals surface area contributed by atoms with Crippen LogP contribution in [0.5, 0.6) is 0 Å². The van der Waals surface area contributed by atoms with Crippen LogP contribution >= 0.6 is 0 Å². The Morgan fingerprint density at radius 3 is 2.36 bits per heavy atom. The van der Waals surface area contributed by atoms with E-state index in [2.05, 4.69) is 50.8 Å². The summed E-state index contributed by atoms with van der Waals surface area (Å²) in [6.45, 7) is 12.8. The van der Waals surface area contributed by atoms with E-state index in [-0.39, 0.29) is 18.4 Å². The Morgan fingerprint density at radius 1 is 1.18 bits per heavy atom. The molecule has 0 heterocycles. The number of hydrogen-bond acceptors (Lipinski definition) is 2. The van der Waals surface area contributed by atoms with Crippen LogP contribution in [0.15, 0.2) is 43.0 Å². The lowest BCUT2D eigenvalue weighted by Gasteiger charge is -2.37. The number of rotatable bonds is 10. The summed E-state index contributed by atoms with van der Waals surface area (Å²) in [6.07, 6.45) is 3.20. The van der Waals surface area contributed by atoms with Crippen molar-refractivity contribution in [1.29, 1.82) is 0 Å². The first-order chi connectivity index (χ1) is 10.2. The van der Waals surface area contributed by atoms with Crippen LogP contribution in [0.1, 0.15) is 32.3 Å². The highest BCUT2D eigenvalue weighted by atomic mass is 35.5. The lowest BCUT2D eigenvalue weighted by atomic mass is 10.1. The fourth-order valence-electron chi connectivity index (χ4n) is 2.59. The molecular formula is C18H28ClNO2. The highest BCUT2D eigenvalue weighted by Crippen LogP contribution is 2.16. The largest absolute Gasteiger partial charge is 1.00 e. The summed E-state index contributed by atoms with van der Waals surface area (Å²) < 4.78 is 6.11. The number of halogens is 1. The molecule has 0 saturated heterocycles. The minimum Gasteiger partial charge on any atom is -1.00 e. The fourth-order valence-corrected chi connectivity index (χ4v) is 2.59. The van der Waals surface area contributed by atoms with E-state index in [1.54, 1.807) is 0 Å². The lowest BCUT2D eigenvalue weighted by molar-refractivity contribution is -0.938. The normalized spacial score (nSPS) is 10.6. The van der Waals surface area contributed by atoms with Crippen molar-refractivity contribution in [3.8, 4) is 0 Å². The van der Waals surface area contributed by atoms with Gasteiger partial charge in [-0.1, -0.05) is 36.9 Å². The smallest absolute Gasteiger partial charge is 0.330 e. The molecule has 0 aromatic heterocycles. The number of esters is 1. The van der Waals surface area contributed by atoms with Gasteiger partial charge in [0.25, 0.3) is 0 Å². The Morgan fingerprint density at radius 2 is 1.82 bits per heavy atom. The molecule has 1 rings (SSSR count). The average molecular weight is 326 g/mol. The van der Waals surface area contributed by atoms with Crippen LogP contribution in [-0.2, 0) is 16.1 Å². The second-order valence-corrected chi connectivity index (χ2v) is 5.42. The highest BCUT2D eigenvalue weighted by Gasteiger charge is 2.23. The van der Waals surface area contributed by atoms with Crippen LogP contribution in [0.3, 0.4) is 0 Å². The Kier molecular flexibility index (Phi) is 10.6. The van der Waals surface area contributed by atoms with Crippen LogP contribution in [0, 0.1) is 0 Å². The number of carbonyl (C=O) groups is 1. The minimum atomic E-state index is -0.328. The molecule has 0 unspecified atom stereocenters.